The third-order valence-electron chi connectivity index (χ3n) is 5.90. The lowest BCUT2D eigenvalue weighted by molar-refractivity contribution is -0.131. The number of hydrogen-bond donors (Lipinski definition) is 2. The summed E-state index contributed by atoms with van der Waals surface area (Å²) >= 11 is 1.41. The molecule has 31 heavy (non-hydrogen) atoms. The molecule has 2 fully saturated rings. The fraction of sp³-hybridized carbons (Fsp3) is 0.609. The lowest BCUT2D eigenvalue weighted by atomic mass is 10.1. The van der Waals surface area contributed by atoms with Crippen molar-refractivity contribution >= 4 is 29.3 Å². The molecule has 0 aromatic heterocycles. The number of thioether (sulfide) groups is 1. The molecule has 0 radical (unpaired) electrons. The molecule has 1 aromatic carbocycles. The average molecular weight is 444 g/mol. The third-order valence-corrected chi connectivity index (χ3v) is 7.40. The predicted molar refractivity (Wildman–Crippen MR) is 125 cm³/mol. The van der Waals surface area contributed by atoms with Gasteiger partial charge in [-0.3, -0.25) is 9.59 Å². The standard InChI is InChI=1S/C23H33N5O2S/c1-3-25-21(29)19(15-24)23-28(4-2)22(30)20(31-23)16-26-18-9-7-8-17(14-18)10-13-27-11-5-6-12-27/h7-9,14,19-20,23,26H,3-6,10-13,16H2,1-2H3,(H,25,29)/t19-,20-,23?/m1/s1. The minimum atomic E-state index is -0.868. The lowest BCUT2D eigenvalue weighted by Gasteiger charge is -2.25. The molecule has 3 atom stereocenters. The summed E-state index contributed by atoms with van der Waals surface area (Å²) in [6.45, 7) is 8.62. The smallest absolute Gasteiger partial charge is 0.240 e. The zero-order chi connectivity index (χ0) is 22.2. The van der Waals surface area contributed by atoms with Gasteiger partial charge in [-0.25, -0.2) is 0 Å². The van der Waals surface area contributed by atoms with Gasteiger partial charge >= 0.3 is 0 Å². The molecule has 0 aliphatic carbocycles. The molecular formula is C23H33N5O2S. The normalized spacial score (nSPS) is 22.4. The fourth-order valence-electron chi connectivity index (χ4n) is 4.22. The Hall–Kier alpha value is -2.24. The lowest BCUT2D eigenvalue weighted by Crippen LogP contribution is -2.44. The van der Waals surface area contributed by atoms with Gasteiger partial charge in [0.25, 0.3) is 0 Å². The molecule has 2 amide bonds. The summed E-state index contributed by atoms with van der Waals surface area (Å²) in [4.78, 5) is 29.4. The molecule has 8 heteroatoms. The van der Waals surface area contributed by atoms with E-state index in [2.05, 4.69) is 33.7 Å². The van der Waals surface area contributed by atoms with Crippen LogP contribution in [0.25, 0.3) is 0 Å². The van der Waals surface area contributed by atoms with Crippen LogP contribution in [0.2, 0.25) is 0 Å². The highest BCUT2D eigenvalue weighted by molar-refractivity contribution is 8.01. The summed E-state index contributed by atoms with van der Waals surface area (Å²) in [5, 5.41) is 14.9. The number of amides is 2. The number of carbonyl (C=O) groups is 2. The van der Waals surface area contributed by atoms with Crippen molar-refractivity contribution in [1.29, 1.82) is 5.26 Å². The van der Waals surface area contributed by atoms with E-state index in [0.29, 0.717) is 19.6 Å². The zero-order valence-electron chi connectivity index (χ0n) is 18.5. The molecule has 0 spiro atoms. The minimum absolute atomic E-state index is 0.0141. The molecule has 3 rings (SSSR count). The van der Waals surface area contributed by atoms with Crippen LogP contribution in [0.3, 0.4) is 0 Å². The van der Waals surface area contributed by atoms with Gasteiger partial charge in [0.1, 0.15) is 10.6 Å². The van der Waals surface area contributed by atoms with Crippen molar-refractivity contribution in [3.05, 3.63) is 29.8 Å². The Morgan fingerprint density at radius 3 is 2.77 bits per heavy atom. The first-order valence-electron chi connectivity index (χ1n) is 11.3. The highest BCUT2D eigenvalue weighted by Gasteiger charge is 2.45. The average Bonchev–Trinajstić information content (AvgIpc) is 3.40. The number of anilines is 1. The monoisotopic (exact) mass is 443 g/mol. The van der Waals surface area contributed by atoms with E-state index in [9.17, 15) is 14.9 Å². The number of carbonyl (C=O) groups excluding carboxylic acids is 2. The molecule has 1 aromatic rings. The van der Waals surface area contributed by atoms with Gasteiger partial charge < -0.3 is 20.4 Å². The second kappa shape index (κ2) is 11.4. The minimum Gasteiger partial charge on any atom is -0.383 e. The fourth-order valence-corrected chi connectivity index (χ4v) is 5.73. The van der Waals surface area contributed by atoms with Crippen LogP contribution in [0.1, 0.15) is 32.3 Å². The van der Waals surface area contributed by atoms with Gasteiger partial charge in [0.15, 0.2) is 5.92 Å². The largest absolute Gasteiger partial charge is 0.383 e. The first-order chi connectivity index (χ1) is 15.1. The van der Waals surface area contributed by atoms with Crippen LogP contribution < -0.4 is 10.6 Å². The number of nitrogens with zero attached hydrogens (tertiary/aromatic N) is 3. The summed E-state index contributed by atoms with van der Waals surface area (Å²) in [7, 11) is 0. The summed E-state index contributed by atoms with van der Waals surface area (Å²) in [5.41, 5.74) is 2.29. The molecule has 2 aliphatic rings. The summed E-state index contributed by atoms with van der Waals surface area (Å²) < 4.78 is 0. The Balaban J connectivity index is 1.58. The van der Waals surface area contributed by atoms with E-state index >= 15 is 0 Å². The van der Waals surface area contributed by atoms with Crippen LogP contribution in [0.15, 0.2) is 24.3 Å². The first-order valence-corrected chi connectivity index (χ1v) is 12.2. The van der Waals surface area contributed by atoms with Crippen LogP contribution in [-0.2, 0) is 16.0 Å². The maximum atomic E-state index is 12.9. The van der Waals surface area contributed by atoms with Crippen molar-refractivity contribution in [2.75, 3.05) is 44.6 Å². The van der Waals surface area contributed by atoms with Crippen LogP contribution in [0, 0.1) is 17.2 Å². The molecule has 1 unspecified atom stereocenters. The topological polar surface area (TPSA) is 88.5 Å². The van der Waals surface area contributed by atoms with E-state index in [1.807, 2.05) is 26.0 Å². The van der Waals surface area contributed by atoms with E-state index in [1.54, 1.807) is 4.90 Å². The van der Waals surface area contributed by atoms with Crippen molar-refractivity contribution in [2.24, 2.45) is 5.92 Å². The molecule has 2 saturated heterocycles. The van der Waals surface area contributed by atoms with Gasteiger partial charge in [-0.2, -0.15) is 5.26 Å². The number of benzene rings is 1. The van der Waals surface area contributed by atoms with Crippen molar-refractivity contribution in [1.82, 2.24) is 15.1 Å². The highest BCUT2D eigenvalue weighted by Crippen LogP contribution is 2.36. The Bertz CT molecular complexity index is 805. The Kier molecular flexibility index (Phi) is 8.61. The molecule has 2 aliphatic heterocycles. The number of nitrogens with one attached hydrogen (secondary N) is 2. The Morgan fingerprint density at radius 1 is 1.32 bits per heavy atom. The van der Waals surface area contributed by atoms with Crippen LogP contribution in [0.5, 0.6) is 0 Å². The summed E-state index contributed by atoms with van der Waals surface area (Å²) in [6, 6.07) is 10.5. The highest BCUT2D eigenvalue weighted by atomic mass is 32.2. The SMILES string of the molecule is CCNC(=O)[C@@H](C#N)C1S[C@H](CNc2cccc(CCN3CCCC3)c2)C(=O)N1CC. The number of nitriles is 1. The molecule has 7 nitrogen and oxygen atoms in total. The molecule has 2 heterocycles. The van der Waals surface area contributed by atoms with Gasteiger partial charge in [-0.05, 0) is 63.9 Å². The van der Waals surface area contributed by atoms with Crippen LogP contribution in [0.4, 0.5) is 5.69 Å². The molecule has 0 saturated carbocycles. The van der Waals surface area contributed by atoms with Gasteiger partial charge in [0, 0.05) is 31.9 Å². The number of rotatable bonds is 10. The zero-order valence-corrected chi connectivity index (χ0v) is 19.3. The predicted octanol–water partition coefficient (Wildman–Crippen LogP) is 2.30. The van der Waals surface area contributed by atoms with E-state index in [1.165, 1.54) is 43.3 Å². The van der Waals surface area contributed by atoms with Gasteiger partial charge in [-0.1, -0.05) is 12.1 Å². The number of hydrogen-bond acceptors (Lipinski definition) is 6. The molecular weight excluding hydrogens is 410 g/mol. The van der Waals surface area contributed by atoms with E-state index in [0.717, 1.165) is 18.7 Å². The van der Waals surface area contributed by atoms with E-state index < -0.39 is 11.3 Å². The van der Waals surface area contributed by atoms with Crippen molar-refractivity contribution in [2.45, 2.75) is 43.7 Å². The maximum Gasteiger partial charge on any atom is 0.240 e. The summed E-state index contributed by atoms with van der Waals surface area (Å²) in [6.07, 6.45) is 3.63. The van der Waals surface area contributed by atoms with E-state index in [4.69, 9.17) is 0 Å². The van der Waals surface area contributed by atoms with Gasteiger partial charge in [-0.15, -0.1) is 11.8 Å². The van der Waals surface area contributed by atoms with Crippen molar-refractivity contribution in [3.63, 3.8) is 0 Å². The van der Waals surface area contributed by atoms with Crippen LogP contribution in [-0.4, -0.2) is 71.5 Å². The van der Waals surface area contributed by atoms with Gasteiger partial charge in [0.2, 0.25) is 11.8 Å². The van der Waals surface area contributed by atoms with Crippen LogP contribution >= 0.6 is 11.8 Å². The maximum absolute atomic E-state index is 12.9. The number of likely N-dealkylation sites (tertiary alicyclic amines) is 1. The molecule has 168 valence electrons. The molecule has 2 N–H and O–H groups in total. The first kappa shape index (κ1) is 23.4. The summed E-state index contributed by atoms with van der Waals surface area (Å²) in [5.74, 6) is -1.19. The van der Waals surface area contributed by atoms with Crippen molar-refractivity contribution in [3.8, 4) is 6.07 Å². The van der Waals surface area contributed by atoms with E-state index in [-0.39, 0.29) is 17.1 Å². The Labute approximate surface area is 189 Å². The third kappa shape index (κ3) is 5.92. The van der Waals surface area contributed by atoms with Gasteiger partial charge in [0.05, 0.1) is 6.07 Å². The second-order valence-electron chi connectivity index (χ2n) is 8.02. The van der Waals surface area contributed by atoms with Crippen molar-refractivity contribution < 1.29 is 9.59 Å². The second-order valence-corrected chi connectivity index (χ2v) is 9.35. The molecule has 0 bridgehead atoms. The quantitative estimate of drug-likeness (QED) is 0.577. The Morgan fingerprint density at radius 2 is 2.10 bits per heavy atom.